The van der Waals surface area contributed by atoms with Gasteiger partial charge in [-0.3, -0.25) is 9.59 Å². The third kappa shape index (κ3) is 9.71. The molecule has 0 spiro atoms. The lowest BCUT2D eigenvalue weighted by molar-refractivity contribution is -0.117. The second kappa shape index (κ2) is 17.2. The van der Waals surface area contributed by atoms with Crippen molar-refractivity contribution in [3.8, 4) is 22.3 Å². The number of aryl methyl sites for hydroxylation is 2. The van der Waals surface area contributed by atoms with Crippen LogP contribution in [0.25, 0.3) is 22.3 Å². The number of rotatable bonds is 12. The molecule has 0 aliphatic rings. The zero-order valence-electron chi connectivity index (χ0n) is 27.6. The summed E-state index contributed by atoms with van der Waals surface area (Å²) in [4.78, 5) is 54.2. The second-order valence-electron chi connectivity index (χ2n) is 11.8. The van der Waals surface area contributed by atoms with Crippen LogP contribution < -0.4 is 10.6 Å². The van der Waals surface area contributed by atoms with E-state index < -0.39 is 35.4 Å². The van der Waals surface area contributed by atoms with Crippen LogP contribution in [-0.4, -0.2) is 23.8 Å². The number of carbonyl (C=O) groups excluding carboxylic acids is 4. The number of nitrogens with one attached hydrogen (secondary N) is 2. The first-order valence-electron chi connectivity index (χ1n) is 16.1. The van der Waals surface area contributed by atoms with Gasteiger partial charge in [0.05, 0.1) is 0 Å². The fourth-order valence-corrected chi connectivity index (χ4v) is 7.79. The molecule has 0 bridgehead atoms. The van der Waals surface area contributed by atoms with E-state index in [0.29, 0.717) is 38.4 Å². The third-order valence-electron chi connectivity index (χ3n) is 8.05. The van der Waals surface area contributed by atoms with Gasteiger partial charge in [0.1, 0.15) is 32.8 Å². The van der Waals surface area contributed by atoms with Crippen molar-refractivity contribution in [2.75, 3.05) is 10.6 Å². The average Bonchev–Trinajstić information content (AvgIpc) is 3.75. The number of esters is 2. The van der Waals surface area contributed by atoms with Gasteiger partial charge in [-0.05, 0) is 83.6 Å². The van der Waals surface area contributed by atoms with E-state index in [1.54, 1.807) is 83.6 Å². The lowest BCUT2D eigenvalue weighted by atomic mass is 10.0. The van der Waals surface area contributed by atoms with Gasteiger partial charge >= 0.3 is 11.9 Å². The highest BCUT2D eigenvalue weighted by atomic mass is 79.9. The maximum atomic E-state index is 14.0. The average molecular weight is 834 g/mol. The fraction of sp³-hybridized carbons (Fsp3) is 0.100. The predicted octanol–water partition coefficient (Wildman–Crippen LogP) is 11.0. The highest BCUT2D eigenvalue weighted by Gasteiger charge is 2.29. The van der Waals surface area contributed by atoms with Crippen LogP contribution in [0.2, 0.25) is 5.02 Å². The standard InChI is InChI=1S/C40H28BrClF2N2O5S2/c41-27-13-9-25(10-14-27)31-21-52-37(45-33(47)17-7-23-3-1-5-29(43)19-23)35(31)39(49)51-40(50)36-32(26-11-15-28(42)16-12-26)22-53-38(36)46-34(48)18-8-24-4-2-6-30(44)20-24/h1-6,9-16,19-22H,7-8,17-18H2,(H,45,47)(H,46,48). The second-order valence-corrected chi connectivity index (χ2v) is 14.9. The largest absolute Gasteiger partial charge is 0.386 e. The molecule has 4 aromatic carbocycles. The van der Waals surface area contributed by atoms with Crippen LogP contribution in [0.3, 0.4) is 0 Å². The summed E-state index contributed by atoms with van der Waals surface area (Å²) in [5, 5.41) is 9.66. The molecular formula is C40H28BrClF2N2O5S2. The van der Waals surface area contributed by atoms with Crippen LogP contribution in [0.5, 0.6) is 0 Å². The van der Waals surface area contributed by atoms with Gasteiger partial charge in [0, 0.05) is 44.2 Å². The Bertz CT molecular complexity index is 2150. The first-order valence-corrected chi connectivity index (χ1v) is 19.1. The molecule has 6 rings (SSSR count). The number of ether oxygens (including phenoxy) is 1. The zero-order chi connectivity index (χ0) is 37.5. The molecule has 0 radical (unpaired) electrons. The topological polar surface area (TPSA) is 102 Å². The summed E-state index contributed by atoms with van der Waals surface area (Å²) in [5.74, 6) is -3.73. The summed E-state index contributed by atoms with van der Waals surface area (Å²) in [5.41, 5.74) is 3.22. The maximum absolute atomic E-state index is 14.0. The van der Waals surface area contributed by atoms with Gasteiger partial charge in [-0.15, -0.1) is 22.7 Å². The number of hydrogen-bond acceptors (Lipinski definition) is 7. The molecule has 13 heteroatoms. The van der Waals surface area contributed by atoms with E-state index in [1.165, 1.54) is 24.3 Å². The van der Waals surface area contributed by atoms with E-state index in [2.05, 4.69) is 26.6 Å². The molecular weight excluding hydrogens is 806 g/mol. The Labute approximate surface area is 324 Å². The Morgan fingerprint density at radius 1 is 0.642 bits per heavy atom. The number of anilines is 2. The lowest BCUT2D eigenvalue weighted by Crippen LogP contribution is -2.19. The Morgan fingerprint density at radius 3 is 1.51 bits per heavy atom. The maximum Gasteiger partial charge on any atom is 0.349 e. The molecule has 2 heterocycles. The number of thiophene rings is 2. The Kier molecular flexibility index (Phi) is 12.3. The lowest BCUT2D eigenvalue weighted by Gasteiger charge is -2.11. The Balaban J connectivity index is 1.27. The number of benzene rings is 4. The number of carbonyl (C=O) groups is 4. The smallest absolute Gasteiger partial charge is 0.349 e. The summed E-state index contributed by atoms with van der Waals surface area (Å²) >= 11 is 11.7. The third-order valence-corrected chi connectivity index (χ3v) is 10.6. The first kappa shape index (κ1) is 37.7. The van der Waals surface area contributed by atoms with Crippen LogP contribution >= 0.6 is 50.2 Å². The Morgan fingerprint density at radius 2 is 1.08 bits per heavy atom. The summed E-state index contributed by atoms with van der Waals surface area (Å²) in [6.45, 7) is 0. The van der Waals surface area contributed by atoms with Gasteiger partial charge in [-0.2, -0.15) is 0 Å². The number of halogens is 4. The van der Waals surface area contributed by atoms with E-state index in [9.17, 15) is 28.0 Å². The van der Waals surface area contributed by atoms with Crippen LogP contribution in [0.4, 0.5) is 18.8 Å². The molecule has 0 aliphatic heterocycles. The fourth-order valence-electron chi connectivity index (χ4n) is 5.45. The minimum absolute atomic E-state index is 0.00122. The molecule has 0 fully saturated rings. The van der Waals surface area contributed by atoms with E-state index in [1.807, 2.05) is 0 Å². The predicted molar refractivity (Wildman–Crippen MR) is 209 cm³/mol. The van der Waals surface area contributed by atoms with Crippen LogP contribution in [-0.2, 0) is 27.2 Å². The summed E-state index contributed by atoms with van der Waals surface area (Å²) in [6.07, 6.45) is 0.517. The molecule has 0 aliphatic carbocycles. The summed E-state index contributed by atoms with van der Waals surface area (Å²) in [7, 11) is 0. The van der Waals surface area contributed by atoms with Crippen molar-refractivity contribution in [1.82, 2.24) is 0 Å². The molecule has 2 N–H and O–H groups in total. The van der Waals surface area contributed by atoms with Gasteiger partial charge in [-0.25, -0.2) is 18.4 Å². The van der Waals surface area contributed by atoms with Gasteiger partial charge in [0.25, 0.3) is 0 Å². The van der Waals surface area contributed by atoms with Crippen molar-refractivity contribution in [3.63, 3.8) is 0 Å². The number of amides is 2. The first-order chi connectivity index (χ1) is 25.5. The van der Waals surface area contributed by atoms with E-state index in [0.717, 1.165) is 27.1 Å². The molecule has 7 nitrogen and oxygen atoms in total. The molecule has 0 saturated heterocycles. The summed E-state index contributed by atoms with van der Waals surface area (Å²) < 4.78 is 33.7. The van der Waals surface area contributed by atoms with E-state index in [4.69, 9.17) is 16.3 Å². The van der Waals surface area contributed by atoms with Crippen molar-refractivity contribution < 1.29 is 32.7 Å². The van der Waals surface area contributed by atoms with Crippen LogP contribution in [0.15, 0.2) is 112 Å². The zero-order valence-corrected chi connectivity index (χ0v) is 31.6. The normalized spacial score (nSPS) is 10.9. The van der Waals surface area contributed by atoms with Crippen molar-refractivity contribution in [1.29, 1.82) is 0 Å². The Hall–Kier alpha value is -5.01. The van der Waals surface area contributed by atoms with Crippen LogP contribution in [0.1, 0.15) is 44.7 Å². The van der Waals surface area contributed by atoms with E-state index in [-0.39, 0.29) is 46.8 Å². The molecule has 2 amide bonds. The van der Waals surface area contributed by atoms with Gasteiger partial charge in [0.15, 0.2) is 0 Å². The van der Waals surface area contributed by atoms with Crippen LogP contribution in [0, 0.1) is 11.6 Å². The van der Waals surface area contributed by atoms with Crippen molar-refractivity contribution in [2.45, 2.75) is 25.7 Å². The number of hydrogen-bond donors (Lipinski definition) is 2. The van der Waals surface area contributed by atoms with Crippen molar-refractivity contribution in [2.24, 2.45) is 0 Å². The van der Waals surface area contributed by atoms with Crippen molar-refractivity contribution in [3.05, 3.63) is 151 Å². The van der Waals surface area contributed by atoms with E-state index >= 15 is 0 Å². The monoisotopic (exact) mass is 832 g/mol. The minimum Gasteiger partial charge on any atom is -0.386 e. The highest BCUT2D eigenvalue weighted by Crippen LogP contribution is 2.40. The highest BCUT2D eigenvalue weighted by molar-refractivity contribution is 9.10. The SMILES string of the molecule is O=C(CCc1cccc(F)c1)Nc1scc(-c2ccc(Cl)cc2)c1C(=O)OC(=O)c1c(-c2ccc(Br)cc2)csc1NC(=O)CCc1cccc(F)c1. The molecule has 53 heavy (non-hydrogen) atoms. The molecule has 6 aromatic rings. The quantitative estimate of drug-likeness (QED) is 0.0944. The van der Waals surface area contributed by atoms with Crippen molar-refractivity contribution >= 4 is 84.0 Å². The van der Waals surface area contributed by atoms with Gasteiger partial charge in [0.2, 0.25) is 11.8 Å². The van der Waals surface area contributed by atoms with Gasteiger partial charge < -0.3 is 15.4 Å². The summed E-state index contributed by atoms with van der Waals surface area (Å²) in [6, 6.07) is 25.7. The van der Waals surface area contributed by atoms with Gasteiger partial charge in [-0.1, -0.05) is 76.1 Å². The molecule has 2 aromatic heterocycles. The molecule has 268 valence electrons. The molecule has 0 saturated carbocycles. The molecule has 0 atom stereocenters. The molecule has 0 unspecified atom stereocenters. The minimum atomic E-state index is -1.03.